The molecule has 17 heavy (non-hydrogen) atoms. The zero-order valence-electron chi connectivity index (χ0n) is 12.2. The summed E-state index contributed by atoms with van der Waals surface area (Å²) in [4.78, 5) is 11.8. The number of ether oxygens (including phenoxy) is 1. The average molecular weight is 261 g/mol. The minimum atomic E-state index is -0.582. The van der Waals surface area contributed by atoms with Crippen LogP contribution in [0.1, 0.15) is 48.0 Å². The van der Waals surface area contributed by atoms with Gasteiger partial charge in [-0.05, 0) is 32.9 Å². The first-order valence-electron chi connectivity index (χ1n) is 6.11. The van der Waals surface area contributed by atoms with Crippen molar-refractivity contribution in [2.24, 2.45) is 0 Å². The molecular weight excluding hydrogens is 234 g/mol. The van der Waals surface area contributed by atoms with Crippen LogP contribution in [0.2, 0.25) is 0 Å². The normalized spacial score (nSPS) is 15.8. The largest absolute Gasteiger partial charge is 0.468 e. The Balaban J connectivity index is 4.45. The van der Waals surface area contributed by atoms with E-state index in [0.717, 1.165) is 12.2 Å². The molecule has 0 heterocycles. The van der Waals surface area contributed by atoms with Crippen LogP contribution in [0, 0.1) is 0 Å². The van der Waals surface area contributed by atoms with Gasteiger partial charge in [0.15, 0.2) is 0 Å². The minimum absolute atomic E-state index is 0.180. The summed E-state index contributed by atoms with van der Waals surface area (Å²) in [5.74, 6) is 0.759. The lowest BCUT2D eigenvalue weighted by Crippen LogP contribution is -2.53. The van der Waals surface area contributed by atoms with E-state index >= 15 is 0 Å². The average Bonchev–Trinajstić information content (AvgIpc) is 2.13. The van der Waals surface area contributed by atoms with Crippen molar-refractivity contribution in [2.75, 3.05) is 12.9 Å². The number of esters is 1. The molecule has 0 aliphatic carbocycles. The lowest BCUT2D eigenvalue weighted by molar-refractivity contribution is -0.148. The molecule has 102 valence electrons. The highest BCUT2D eigenvalue weighted by molar-refractivity contribution is 8.00. The van der Waals surface area contributed by atoms with Gasteiger partial charge in [0.25, 0.3) is 0 Å². The predicted octanol–water partition coefficient (Wildman–Crippen LogP) is 2.84. The molecule has 1 unspecified atom stereocenters. The Hall–Kier alpha value is -0.220. The monoisotopic (exact) mass is 261 g/mol. The summed E-state index contributed by atoms with van der Waals surface area (Å²) in [6.07, 6.45) is 0.778. The third-order valence-corrected chi connectivity index (χ3v) is 3.65. The number of hydrogen-bond acceptors (Lipinski definition) is 4. The molecule has 0 amide bonds. The maximum Gasteiger partial charge on any atom is 0.325 e. The molecule has 0 rings (SSSR count). The maximum atomic E-state index is 11.8. The van der Waals surface area contributed by atoms with Crippen molar-refractivity contribution >= 4 is 17.7 Å². The van der Waals surface area contributed by atoms with Crippen LogP contribution in [0.25, 0.3) is 0 Å². The number of rotatable bonds is 6. The molecule has 0 saturated carbocycles. The summed E-state index contributed by atoms with van der Waals surface area (Å²) in [6, 6.07) is 0.263. The van der Waals surface area contributed by atoms with Crippen molar-refractivity contribution in [3.8, 4) is 0 Å². The third-order valence-electron chi connectivity index (χ3n) is 2.38. The topological polar surface area (TPSA) is 38.3 Å². The molecule has 4 heteroatoms. The zero-order valence-corrected chi connectivity index (χ0v) is 13.0. The molecule has 0 aromatic heterocycles. The van der Waals surface area contributed by atoms with Crippen LogP contribution in [0.4, 0.5) is 0 Å². The fraction of sp³-hybridized carbons (Fsp3) is 0.923. The van der Waals surface area contributed by atoms with Crippen molar-refractivity contribution in [3.05, 3.63) is 0 Å². The van der Waals surface area contributed by atoms with Crippen LogP contribution in [0.15, 0.2) is 0 Å². The summed E-state index contributed by atoms with van der Waals surface area (Å²) in [5.41, 5.74) is -0.582. The second-order valence-corrected chi connectivity index (χ2v) is 7.76. The Morgan fingerprint density at radius 2 is 1.82 bits per heavy atom. The van der Waals surface area contributed by atoms with E-state index in [1.165, 1.54) is 7.11 Å². The number of nitrogens with one attached hydrogen (secondary N) is 1. The molecule has 0 bridgehead atoms. The van der Waals surface area contributed by atoms with Gasteiger partial charge in [-0.15, -0.1) is 0 Å². The lowest BCUT2D eigenvalue weighted by atomic mass is 9.98. The molecule has 1 N–H and O–H groups in total. The van der Waals surface area contributed by atoms with Gasteiger partial charge >= 0.3 is 5.97 Å². The van der Waals surface area contributed by atoms with E-state index in [9.17, 15) is 4.79 Å². The van der Waals surface area contributed by atoms with Crippen molar-refractivity contribution in [1.82, 2.24) is 5.32 Å². The van der Waals surface area contributed by atoms with Gasteiger partial charge in [0.1, 0.15) is 5.54 Å². The van der Waals surface area contributed by atoms with Crippen molar-refractivity contribution < 1.29 is 9.53 Å². The van der Waals surface area contributed by atoms with Gasteiger partial charge in [0.05, 0.1) is 7.11 Å². The highest BCUT2D eigenvalue weighted by Gasteiger charge is 2.34. The predicted molar refractivity (Wildman–Crippen MR) is 75.5 cm³/mol. The van der Waals surface area contributed by atoms with Gasteiger partial charge in [0, 0.05) is 10.8 Å². The Labute approximate surface area is 110 Å². The molecule has 0 saturated heterocycles. The minimum Gasteiger partial charge on any atom is -0.468 e. The molecule has 0 spiro atoms. The molecule has 1 atom stereocenters. The fourth-order valence-electron chi connectivity index (χ4n) is 1.66. The third kappa shape index (κ3) is 6.94. The second-order valence-electron chi connectivity index (χ2n) is 5.83. The molecular formula is C13H27NO2S. The van der Waals surface area contributed by atoms with Gasteiger partial charge in [-0.25, -0.2) is 0 Å². The van der Waals surface area contributed by atoms with E-state index in [1.807, 2.05) is 32.5 Å². The SMILES string of the molecule is COC(=O)C(C)(CCSC(C)(C)C)NC(C)C. The highest BCUT2D eigenvalue weighted by Crippen LogP contribution is 2.26. The van der Waals surface area contributed by atoms with Crippen molar-refractivity contribution in [1.29, 1.82) is 0 Å². The molecule has 3 nitrogen and oxygen atoms in total. The van der Waals surface area contributed by atoms with Gasteiger partial charge in [-0.1, -0.05) is 20.8 Å². The second kappa shape index (κ2) is 6.64. The quantitative estimate of drug-likeness (QED) is 0.746. The Morgan fingerprint density at radius 1 is 1.29 bits per heavy atom. The van der Waals surface area contributed by atoms with Crippen LogP contribution < -0.4 is 5.32 Å². The highest BCUT2D eigenvalue weighted by atomic mass is 32.2. The van der Waals surface area contributed by atoms with Crippen LogP contribution in [0.3, 0.4) is 0 Å². The first-order chi connectivity index (χ1) is 7.60. The maximum absolute atomic E-state index is 11.8. The van der Waals surface area contributed by atoms with Gasteiger partial charge in [-0.3, -0.25) is 10.1 Å². The first kappa shape index (κ1) is 16.8. The van der Waals surface area contributed by atoms with Gasteiger partial charge < -0.3 is 4.74 Å². The fourth-order valence-corrected chi connectivity index (χ4v) is 2.78. The Kier molecular flexibility index (Phi) is 6.56. The van der Waals surface area contributed by atoms with Crippen LogP contribution in [-0.2, 0) is 9.53 Å². The molecule has 0 aliphatic heterocycles. The smallest absolute Gasteiger partial charge is 0.325 e. The van der Waals surface area contributed by atoms with Crippen LogP contribution >= 0.6 is 11.8 Å². The number of carbonyl (C=O) groups is 1. The summed E-state index contributed by atoms with van der Waals surface area (Å²) in [7, 11) is 1.44. The number of thioether (sulfide) groups is 1. The van der Waals surface area contributed by atoms with Crippen molar-refractivity contribution in [3.63, 3.8) is 0 Å². The summed E-state index contributed by atoms with van der Waals surface area (Å²) < 4.78 is 5.12. The van der Waals surface area contributed by atoms with E-state index in [0.29, 0.717) is 0 Å². The van der Waals surface area contributed by atoms with E-state index in [4.69, 9.17) is 4.74 Å². The Morgan fingerprint density at radius 3 is 2.18 bits per heavy atom. The molecule has 0 aliphatic rings. The Bertz CT molecular complexity index is 248. The molecule has 0 aromatic rings. The molecule has 0 radical (unpaired) electrons. The summed E-state index contributed by atoms with van der Waals surface area (Å²) in [5, 5.41) is 3.31. The first-order valence-corrected chi connectivity index (χ1v) is 7.09. The van der Waals surface area contributed by atoms with E-state index in [-0.39, 0.29) is 16.8 Å². The van der Waals surface area contributed by atoms with Gasteiger partial charge in [0.2, 0.25) is 0 Å². The van der Waals surface area contributed by atoms with Gasteiger partial charge in [-0.2, -0.15) is 11.8 Å². The molecule has 0 fully saturated rings. The van der Waals surface area contributed by atoms with E-state index in [1.54, 1.807) is 0 Å². The van der Waals surface area contributed by atoms with Crippen LogP contribution in [-0.4, -0.2) is 35.2 Å². The van der Waals surface area contributed by atoms with Crippen molar-refractivity contribution in [2.45, 2.75) is 64.3 Å². The summed E-state index contributed by atoms with van der Waals surface area (Å²) in [6.45, 7) is 12.5. The number of hydrogen-bond donors (Lipinski definition) is 1. The lowest BCUT2D eigenvalue weighted by Gasteiger charge is -2.31. The standard InChI is InChI=1S/C13H27NO2S/c1-10(2)14-13(6,11(15)16-7)8-9-17-12(3,4)5/h10,14H,8-9H2,1-7H3. The number of methoxy groups -OCH3 is 1. The molecule has 0 aromatic carbocycles. The van der Waals surface area contributed by atoms with E-state index in [2.05, 4.69) is 26.1 Å². The number of carbonyl (C=O) groups excluding carboxylic acids is 1. The summed E-state index contributed by atoms with van der Waals surface area (Å²) >= 11 is 1.87. The van der Waals surface area contributed by atoms with E-state index < -0.39 is 5.54 Å². The van der Waals surface area contributed by atoms with Crippen LogP contribution in [0.5, 0.6) is 0 Å². The zero-order chi connectivity index (χ0) is 13.7.